The molecule has 1 unspecified atom stereocenters. The van der Waals surface area contributed by atoms with Crippen molar-refractivity contribution in [2.24, 2.45) is 0 Å². The van der Waals surface area contributed by atoms with Crippen molar-refractivity contribution in [3.05, 3.63) is 17.5 Å². The molecule has 1 aromatic heterocycles. The third-order valence-electron chi connectivity index (χ3n) is 3.49. The van der Waals surface area contributed by atoms with Crippen LogP contribution in [0.15, 0.2) is 10.6 Å². The van der Waals surface area contributed by atoms with E-state index in [1.807, 2.05) is 6.92 Å². The number of aryl methyl sites for hydroxylation is 1. The van der Waals surface area contributed by atoms with Crippen molar-refractivity contribution in [2.45, 2.75) is 45.7 Å². The molecule has 1 aliphatic heterocycles. The molecule has 0 aromatic carbocycles. The van der Waals surface area contributed by atoms with Crippen LogP contribution in [0.2, 0.25) is 0 Å². The molecule has 1 aliphatic rings. The van der Waals surface area contributed by atoms with E-state index >= 15 is 0 Å². The molecule has 7 heteroatoms. The van der Waals surface area contributed by atoms with Crippen molar-refractivity contribution in [3.63, 3.8) is 0 Å². The molecule has 0 amide bonds. The summed E-state index contributed by atoms with van der Waals surface area (Å²) in [5.41, 5.74) is 0.633. The maximum atomic E-state index is 12.5. The van der Waals surface area contributed by atoms with Crippen molar-refractivity contribution >= 4 is 10.2 Å². The van der Waals surface area contributed by atoms with Gasteiger partial charge < -0.3 is 4.52 Å². The fourth-order valence-corrected chi connectivity index (χ4v) is 3.97. The van der Waals surface area contributed by atoms with Crippen molar-refractivity contribution in [1.82, 2.24) is 13.8 Å². The number of nitrogens with zero attached hydrogens (tertiary/aromatic N) is 3. The summed E-state index contributed by atoms with van der Waals surface area (Å²) in [4.78, 5) is 0. The predicted molar refractivity (Wildman–Crippen MR) is 71.6 cm³/mol. The van der Waals surface area contributed by atoms with Gasteiger partial charge in [-0.3, -0.25) is 0 Å². The smallest absolute Gasteiger partial charge is 0.282 e. The van der Waals surface area contributed by atoms with Gasteiger partial charge in [-0.1, -0.05) is 11.6 Å². The van der Waals surface area contributed by atoms with Crippen LogP contribution in [-0.4, -0.2) is 41.8 Å². The largest absolute Gasteiger partial charge is 0.361 e. The first-order valence-corrected chi connectivity index (χ1v) is 7.96. The Morgan fingerprint density at radius 1 is 1.53 bits per heavy atom. The lowest BCUT2D eigenvalue weighted by Crippen LogP contribution is -2.48. The molecule has 0 N–H and O–H groups in total. The second kappa shape index (κ2) is 5.60. The van der Waals surface area contributed by atoms with Crippen LogP contribution in [0.5, 0.6) is 0 Å². The second-order valence-electron chi connectivity index (χ2n) is 5.15. The molecule has 2 rings (SSSR count). The summed E-state index contributed by atoms with van der Waals surface area (Å²) < 4.78 is 32.9. The molecule has 1 fully saturated rings. The Hall–Kier alpha value is -0.920. The Balaban J connectivity index is 2.10. The highest BCUT2D eigenvalue weighted by Crippen LogP contribution is 2.22. The third-order valence-corrected chi connectivity index (χ3v) is 5.55. The molecule has 0 bridgehead atoms. The lowest BCUT2D eigenvalue weighted by molar-refractivity contribution is 0.248. The SMILES string of the molecule is Cc1cc(CN(C)S(=O)(=O)N2CCCCC2C)no1. The van der Waals surface area contributed by atoms with Crippen molar-refractivity contribution in [3.8, 4) is 0 Å². The molecule has 1 atom stereocenters. The molecule has 0 saturated carbocycles. The van der Waals surface area contributed by atoms with Crippen LogP contribution in [0.4, 0.5) is 0 Å². The van der Waals surface area contributed by atoms with Gasteiger partial charge in [-0.05, 0) is 26.7 Å². The average molecular weight is 287 g/mol. The first kappa shape index (κ1) is 14.5. The van der Waals surface area contributed by atoms with Gasteiger partial charge in [-0.25, -0.2) is 0 Å². The molecule has 1 saturated heterocycles. The van der Waals surface area contributed by atoms with E-state index in [1.54, 1.807) is 24.3 Å². The summed E-state index contributed by atoms with van der Waals surface area (Å²) in [6.07, 6.45) is 2.95. The highest BCUT2D eigenvalue weighted by molar-refractivity contribution is 7.86. The minimum Gasteiger partial charge on any atom is -0.361 e. The normalized spacial score (nSPS) is 22.0. The van der Waals surface area contributed by atoms with Gasteiger partial charge in [0, 0.05) is 25.7 Å². The summed E-state index contributed by atoms with van der Waals surface area (Å²) in [7, 11) is -1.83. The Kier molecular flexibility index (Phi) is 4.27. The van der Waals surface area contributed by atoms with Crippen LogP contribution in [0.3, 0.4) is 0 Å². The molecule has 1 aromatic rings. The highest BCUT2D eigenvalue weighted by Gasteiger charge is 2.32. The minimum absolute atomic E-state index is 0.0697. The van der Waals surface area contributed by atoms with E-state index < -0.39 is 10.2 Å². The van der Waals surface area contributed by atoms with E-state index in [0.717, 1.165) is 19.3 Å². The summed E-state index contributed by atoms with van der Waals surface area (Å²) in [6.45, 7) is 4.59. The van der Waals surface area contributed by atoms with Gasteiger partial charge in [0.25, 0.3) is 10.2 Å². The summed E-state index contributed by atoms with van der Waals surface area (Å²) in [5, 5.41) is 3.83. The molecule has 0 aliphatic carbocycles. The molecule has 6 nitrogen and oxygen atoms in total. The van der Waals surface area contributed by atoms with Crippen LogP contribution in [0.25, 0.3) is 0 Å². The predicted octanol–water partition coefficient (Wildman–Crippen LogP) is 1.53. The quantitative estimate of drug-likeness (QED) is 0.842. The lowest BCUT2D eigenvalue weighted by Gasteiger charge is -2.34. The first-order valence-electron chi connectivity index (χ1n) is 6.56. The van der Waals surface area contributed by atoms with Gasteiger partial charge in [-0.2, -0.15) is 17.0 Å². The average Bonchev–Trinajstić information content (AvgIpc) is 2.75. The van der Waals surface area contributed by atoms with E-state index in [4.69, 9.17) is 4.52 Å². The summed E-state index contributed by atoms with van der Waals surface area (Å²) in [6, 6.07) is 1.83. The van der Waals surface area contributed by atoms with Gasteiger partial charge in [-0.15, -0.1) is 0 Å². The molecule has 2 heterocycles. The highest BCUT2D eigenvalue weighted by atomic mass is 32.2. The third kappa shape index (κ3) is 3.16. The zero-order valence-corrected chi connectivity index (χ0v) is 12.5. The number of hydrogen-bond donors (Lipinski definition) is 0. The molecule has 0 radical (unpaired) electrons. The van der Waals surface area contributed by atoms with Gasteiger partial charge >= 0.3 is 0 Å². The van der Waals surface area contributed by atoms with Crippen molar-refractivity contribution in [2.75, 3.05) is 13.6 Å². The van der Waals surface area contributed by atoms with Crippen LogP contribution >= 0.6 is 0 Å². The zero-order chi connectivity index (χ0) is 14.0. The molecule has 0 spiro atoms. The number of rotatable bonds is 4. The molecule has 108 valence electrons. The lowest BCUT2D eigenvalue weighted by atomic mass is 10.1. The Morgan fingerprint density at radius 3 is 2.84 bits per heavy atom. The molecule has 19 heavy (non-hydrogen) atoms. The minimum atomic E-state index is -3.42. The standard InChI is InChI=1S/C12H21N3O3S/c1-10-6-4-5-7-15(10)19(16,17)14(3)9-12-8-11(2)18-13-12/h8,10H,4-7,9H2,1-3H3. The Morgan fingerprint density at radius 2 is 2.26 bits per heavy atom. The Labute approximate surface area is 114 Å². The van der Waals surface area contributed by atoms with Gasteiger partial charge in [0.2, 0.25) is 0 Å². The topological polar surface area (TPSA) is 66.7 Å². The van der Waals surface area contributed by atoms with Crippen LogP contribution in [0, 0.1) is 6.92 Å². The van der Waals surface area contributed by atoms with E-state index in [0.29, 0.717) is 18.0 Å². The monoisotopic (exact) mass is 287 g/mol. The zero-order valence-electron chi connectivity index (χ0n) is 11.7. The van der Waals surface area contributed by atoms with Gasteiger partial charge in [0.1, 0.15) is 5.76 Å². The maximum absolute atomic E-state index is 12.5. The van der Waals surface area contributed by atoms with Crippen molar-refractivity contribution < 1.29 is 12.9 Å². The summed E-state index contributed by atoms with van der Waals surface area (Å²) in [5.74, 6) is 0.687. The van der Waals surface area contributed by atoms with Gasteiger partial charge in [0.15, 0.2) is 0 Å². The fraction of sp³-hybridized carbons (Fsp3) is 0.750. The van der Waals surface area contributed by atoms with E-state index in [2.05, 4.69) is 5.16 Å². The van der Waals surface area contributed by atoms with Gasteiger partial charge in [0.05, 0.1) is 12.2 Å². The van der Waals surface area contributed by atoms with Crippen molar-refractivity contribution in [1.29, 1.82) is 0 Å². The van der Waals surface area contributed by atoms with Crippen LogP contribution in [0.1, 0.15) is 37.6 Å². The summed E-state index contributed by atoms with van der Waals surface area (Å²) >= 11 is 0. The number of aromatic nitrogens is 1. The second-order valence-corrected chi connectivity index (χ2v) is 7.14. The van der Waals surface area contributed by atoms with E-state index in [-0.39, 0.29) is 12.6 Å². The van der Waals surface area contributed by atoms with Crippen LogP contribution < -0.4 is 0 Å². The number of hydrogen-bond acceptors (Lipinski definition) is 4. The van der Waals surface area contributed by atoms with Crippen LogP contribution in [-0.2, 0) is 16.8 Å². The molecular weight excluding hydrogens is 266 g/mol. The number of piperidine rings is 1. The van der Waals surface area contributed by atoms with E-state index in [1.165, 1.54) is 4.31 Å². The maximum Gasteiger partial charge on any atom is 0.282 e. The fourth-order valence-electron chi connectivity index (χ4n) is 2.40. The molecular formula is C12H21N3O3S. The Bertz CT molecular complexity index is 526. The van der Waals surface area contributed by atoms with E-state index in [9.17, 15) is 8.42 Å². The first-order chi connectivity index (χ1) is 8.91.